The molecule has 3 saturated heterocycles. The second-order valence-corrected chi connectivity index (χ2v) is 8.91. The smallest absolute Gasteiger partial charge is 0.319 e. The number of rotatable bonds is 6. The summed E-state index contributed by atoms with van der Waals surface area (Å²) >= 11 is 0. The predicted molar refractivity (Wildman–Crippen MR) is 130 cm³/mol. The Morgan fingerprint density at radius 2 is 1.86 bits per heavy atom. The number of amides is 2. The molecule has 5 unspecified atom stereocenters. The van der Waals surface area contributed by atoms with Gasteiger partial charge in [-0.05, 0) is 24.3 Å². The van der Waals surface area contributed by atoms with Gasteiger partial charge < -0.3 is 39.6 Å². The second kappa shape index (κ2) is 10.3. The van der Waals surface area contributed by atoms with Crippen molar-refractivity contribution >= 4 is 17.4 Å². The highest BCUT2D eigenvalue weighted by Gasteiger charge is 2.53. The maximum atomic E-state index is 12.7. The Morgan fingerprint density at radius 3 is 2.63 bits per heavy atom. The van der Waals surface area contributed by atoms with Gasteiger partial charge in [0.05, 0.1) is 44.7 Å². The Bertz CT molecular complexity index is 1030. The summed E-state index contributed by atoms with van der Waals surface area (Å²) in [6, 6.07) is 13.7. The van der Waals surface area contributed by atoms with Gasteiger partial charge >= 0.3 is 6.03 Å². The molecule has 2 aromatic rings. The first-order chi connectivity index (χ1) is 17.1. The van der Waals surface area contributed by atoms with Crippen molar-refractivity contribution in [3.8, 4) is 11.5 Å². The van der Waals surface area contributed by atoms with Crippen LogP contribution >= 0.6 is 0 Å². The number of carbonyl (C=O) groups excluding carboxylic acids is 1. The molecule has 3 heterocycles. The van der Waals surface area contributed by atoms with Crippen LogP contribution in [-0.4, -0.2) is 93.6 Å². The number of hydrogen-bond acceptors (Lipinski definition) is 8. The molecule has 0 aromatic heterocycles. The van der Waals surface area contributed by atoms with Gasteiger partial charge in [0, 0.05) is 37.9 Å². The molecule has 2 aromatic carbocycles. The first-order valence-electron chi connectivity index (χ1n) is 11.9. The van der Waals surface area contributed by atoms with Crippen LogP contribution in [-0.2, 0) is 9.47 Å². The van der Waals surface area contributed by atoms with E-state index in [1.807, 2.05) is 18.2 Å². The zero-order valence-electron chi connectivity index (χ0n) is 19.9. The summed E-state index contributed by atoms with van der Waals surface area (Å²) in [6.45, 7) is 3.30. The summed E-state index contributed by atoms with van der Waals surface area (Å²) < 4.78 is 22.7. The average Bonchev–Trinajstić information content (AvgIpc) is 3.32. The number of aliphatic hydroxyl groups excluding tert-OH is 1. The van der Waals surface area contributed by atoms with Gasteiger partial charge in [-0.25, -0.2) is 4.79 Å². The minimum atomic E-state index is -0.838. The number of anilines is 2. The third-order valence-electron chi connectivity index (χ3n) is 6.92. The number of hydrogen-bond donors (Lipinski definition) is 3. The molecule has 2 bridgehead atoms. The molecule has 0 spiro atoms. The fourth-order valence-electron chi connectivity index (χ4n) is 5.14. The quantitative estimate of drug-likeness (QED) is 0.567. The van der Waals surface area contributed by atoms with E-state index in [0.717, 1.165) is 37.6 Å². The summed E-state index contributed by atoms with van der Waals surface area (Å²) in [7, 11) is 3.25. The van der Waals surface area contributed by atoms with Crippen molar-refractivity contribution in [1.29, 1.82) is 0 Å². The van der Waals surface area contributed by atoms with Crippen molar-refractivity contribution in [2.24, 2.45) is 0 Å². The van der Waals surface area contributed by atoms with E-state index < -0.39 is 30.6 Å². The molecule has 35 heavy (non-hydrogen) atoms. The molecule has 3 aliphatic heterocycles. The molecule has 10 nitrogen and oxygen atoms in total. The fraction of sp³-hybridized carbons (Fsp3) is 0.480. The van der Waals surface area contributed by atoms with Crippen LogP contribution in [0.5, 0.6) is 11.5 Å². The van der Waals surface area contributed by atoms with Gasteiger partial charge in [0.1, 0.15) is 17.6 Å². The second-order valence-electron chi connectivity index (χ2n) is 8.91. The minimum Gasteiger partial charge on any atom is -0.497 e. The summed E-state index contributed by atoms with van der Waals surface area (Å²) in [5.74, 6) is 1.48. The minimum absolute atomic E-state index is 0.323. The van der Waals surface area contributed by atoms with Crippen LogP contribution in [0.1, 0.15) is 0 Å². The molecule has 2 amide bonds. The highest BCUT2D eigenvalue weighted by molar-refractivity contribution is 5.89. The number of carbonyl (C=O) groups is 1. The van der Waals surface area contributed by atoms with Gasteiger partial charge in [0.25, 0.3) is 0 Å². The SMILES string of the molecule is COc1cccc(NC(=O)NC2C3COC(O3)C(N3CCN(c4ccccc4OC)CC3)C2O)c1. The van der Waals surface area contributed by atoms with E-state index in [4.69, 9.17) is 18.9 Å². The molecular formula is C25H32N4O6. The van der Waals surface area contributed by atoms with E-state index in [2.05, 4.69) is 26.5 Å². The van der Waals surface area contributed by atoms with Crippen molar-refractivity contribution in [3.05, 3.63) is 48.5 Å². The lowest BCUT2D eigenvalue weighted by Crippen LogP contribution is -2.67. The van der Waals surface area contributed by atoms with Crippen molar-refractivity contribution in [2.75, 3.05) is 57.2 Å². The van der Waals surface area contributed by atoms with E-state index in [-0.39, 0.29) is 6.04 Å². The lowest BCUT2D eigenvalue weighted by molar-refractivity contribution is -0.181. The lowest BCUT2D eigenvalue weighted by Gasteiger charge is -2.47. The molecule has 0 radical (unpaired) electrons. The Kier molecular flexibility index (Phi) is 6.96. The van der Waals surface area contributed by atoms with Crippen LogP contribution in [0.4, 0.5) is 16.2 Å². The van der Waals surface area contributed by atoms with Gasteiger partial charge in [-0.3, -0.25) is 4.90 Å². The molecule has 0 saturated carbocycles. The number of urea groups is 1. The number of fused-ring (bicyclic) bond motifs is 2. The Labute approximate surface area is 204 Å². The molecular weight excluding hydrogens is 452 g/mol. The van der Waals surface area contributed by atoms with Crippen molar-refractivity contribution in [1.82, 2.24) is 10.2 Å². The van der Waals surface area contributed by atoms with Gasteiger partial charge in [-0.1, -0.05) is 18.2 Å². The van der Waals surface area contributed by atoms with Crippen LogP contribution in [0.2, 0.25) is 0 Å². The molecule has 3 N–H and O–H groups in total. The number of aliphatic hydroxyl groups is 1. The fourth-order valence-corrected chi connectivity index (χ4v) is 5.14. The van der Waals surface area contributed by atoms with E-state index in [1.54, 1.807) is 38.5 Å². The van der Waals surface area contributed by atoms with Gasteiger partial charge in [0.2, 0.25) is 0 Å². The largest absolute Gasteiger partial charge is 0.497 e. The Hall–Kier alpha value is -3.05. The number of ether oxygens (including phenoxy) is 4. The van der Waals surface area contributed by atoms with Crippen LogP contribution in [0.3, 0.4) is 0 Å². The normalized spacial score (nSPS) is 28.4. The molecule has 0 aliphatic carbocycles. The number of nitrogens with zero attached hydrogens (tertiary/aromatic N) is 2. The summed E-state index contributed by atoms with van der Waals surface area (Å²) in [4.78, 5) is 17.2. The average molecular weight is 485 g/mol. The molecule has 5 atom stereocenters. The zero-order chi connectivity index (χ0) is 24.4. The Balaban J connectivity index is 1.23. The third-order valence-corrected chi connectivity index (χ3v) is 6.92. The first kappa shape index (κ1) is 23.7. The van der Waals surface area contributed by atoms with Gasteiger partial charge in [0.15, 0.2) is 6.29 Å². The number of piperazine rings is 1. The van der Waals surface area contributed by atoms with Crippen LogP contribution in [0.15, 0.2) is 48.5 Å². The molecule has 188 valence electrons. The lowest BCUT2D eigenvalue weighted by atomic mass is 9.94. The zero-order valence-corrected chi connectivity index (χ0v) is 19.9. The molecule has 10 heteroatoms. The van der Waals surface area contributed by atoms with Crippen molar-refractivity contribution < 1.29 is 28.8 Å². The number of nitrogens with one attached hydrogen (secondary N) is 2. The summed E-state index contributed by atoms with van der Waals surface area (Å²) in [5, 5.41) is 17.0. The van der Waals surface area contributed by atoms with Crippen molar-refractivity contribution in [2.45, 2.75) is 30.6 Å². The van der Waals surface area contributed by atoms with Crippen LogP contribution in [0, 0.1) is 0 Å². The summed E-state index contributed by atoms with van der Waals surface area (Å²) in [5.41, 5.74) is 1.65. The van der Waals surface area contributed by atoms with E-state index in [9.17, 15) is 9.90 Å². The standard InChI is InChI=1S/C25H32N4O6/c1-32-17-7-5-6-16(14-17)26-25(31)27-21-20-15-34-24(35-20)22(23(21)30)29-12-10-28(11-13-29)18-8-3-4-9-19(18)33-2/h3-9,14,20-24,30H,10-13,15H2,1-2H3,(H2,26,27,31). The topological polar surface area (TPSA) is 105 Å². The highest BCUT2D eigenvalue weighted by Crippen LogP contribution is 2.34. The first-order valence-corrected chi connectivity index (χ1v) is 11.9. The molecule has 5 rings (SSSR count). The maximum absolute atomic E-state index is 12.7. The summed E-state index contributed by atoms with van der Waals surface area (Å²) in [6.07, 6.45) is -1.76. The number of para-hydroxylation sites is 2. The van der Waals surface area contributed by atoms with E-state index >= 15 is 0 Å². The van der Waals surface area contributed by atoms with E-state index in [0.29, 0.717) is 18.0 Å². The number of methoxy groups -OCH3 is 2. The monoisotopic (exact) mass is 484 g/mol. The van der Waals surface area contributed by atoms with Crippen LogP contribution in [0.25, 0.3) is 0 Å². The molecule has 3 fully saturated rings. The van der Waals surface area contributed by atoms with Gasteiger partial charge in [-0.2, -0.15) is 0 Å². The maximum Gasteiger partial charge on any atom is 0.319 e. The van der Waals surface area contributed by atoms with Crippen LogP contribution < -0.4 is 25.0 Å². The predicted octanol–water partition coefficient (Wildman–Crippen LogP) is 1.50. The number of benzene rings is 2. The van der Waals surface area contributed by atoms with Crippen molar-refractivity contribution in [3.63, 3.8) is 0 Å². The van der Waals surface area contributed by atoms with Gasteiger partial charge in [-0.15, -0.1) is 0 Å². The third kappa shape index (κ3) is 4.87. The Morgan fingerprint density at radius 1 is 1.06 bits per heavy atom. The molecule has 3 aliphatic rings. The van der Waals surface area contributed by atoms with E-state index in [1.165, 1.54) is 0 Å². The highest BCUT2D eigenvalue weighted by atomic mass is 16.7.